The number of methoxy groups -OCH3 is 2. The molecule has 1 aromatic rings. The molecule has 0 unspecified atom stereocenters. The van der Waals surface area contributed by atoms with Gasteiger partial charge in [0.15, 0.2) is 0 Å². The Bertz CT molecular complexity index is 335. The Morgan fingerprint density at radius 1 is 1.33 bits per heavy atom. The summed E-state index contributed by atoms with van der Waals surface area (Å²) in [4.78, 5) is 0.782. The molecule has 1 aromatic carbocycles. The van der Waals surface area contributed by atoms with E-state index >= 15 is 0 Å². The Morgan fingerprint density at radius 2 is 2.00 bits per heavy atom. The third kappa shape index (κ3) is 2.17. The quantitative estimate of drug-likeness (QED) is 0.619. The second-order valence-corrected chi connectivity index (χ2v) is 6.88. The first-order valence-corrected chi connectivity index (χ1v) is 7.72. The van der Waals surface area contributed by atoms with Gasteiger partial charge in [0.05, 0.1) is 0 Å². The minimum atomic E-state index is 0.568. The molecule has 4 heteroatoms. The first-order valence-electron chi connectivity index (χ1n) is 4.76. The molecule has 0 fully saturated rings. The Morgan fingerprint density at radius 3 is 2.60 bits per heavy atom. The van der Waals surface area contributed by atoms with Crippen LogP contribution < -0.4 is 13.9 Å². The summed E-state index contributed by atoms with van der Waals surface area (Å²) in [6, 6.07) is 4.26. The van der Waals surface area contributed by atoms with Crippen molar-refractivity contribution < 1.29 is 9.47 Å². The van der Waals surface area contributed by atoms with Gasteiger partial charge >= 0.3 is 105 Å². The summed E-state index contributed by atoms with van der Waals surface area (Å²) in [6.07, 6.45) is 1.17. The van der Waals surface area contributed by atoms with Crippen molar-refractivity contribution >= 4 is 35.3 Å². The van der Waals surface area contributed by atoms with E-state index in [0.29, 0.717) is 15.0 Å². The van der Waals surface area contributed by atoms with E-state index in [9.17, 15) is 0 Å². The second kappa shape index (κ2) is 4.77. The maximum atomic E-state index is 5.30. The molecule has 82 valence electrons. The van der Waals surface area contributed by atoms with Gasteiger partial charge in [0, 0.05) is 0 Å². The monoisotopic (exact) mass is 336 g/mol. The molecule has 1 heterocycles. The van der Waals surface area contributed by atoms with E-state index in [1.165, 1.54) is 16.4 Å². The van der Waals surface area contributed by atoms with E-state index in [0.717, 1.165) is 21.6 Å². The molecule has 0 bridgehead atoms. The molecule has 2 rings (SSSR count). The number of benzene rings is 1. The molecular weight excluding hydrogens is 323 g/mol. The fourth-order valence-corrected chi connectivity index (χ4v) is 5.06. The van der Waals surface area contributed by atoms with Gasteiger partial charge in [-0.15, -0.1) is 0 Å². The third-order valence-electron chi connectivity index (χ3n) is 2.48. The van der Waals surface area contributed by atoms with Gasteiger partial charge in [-0.1, -0.05) is 0 Å². The number of fused-ring (bicyclic) bond motifs is 1. The van der Waals surface area contributed by atoms with Crippen molar-refractivity contribution in [3.63, 3.8) is 0 Å². The Kier molecular flexibility index (Phi) is 3.60. The van der Waals surface area contributed by atoms with Crippen LogP contribution in [0.5, 0.6) is 11.5 Å². The molecule has 1 aliphatic rings. The topological polar surface area (TPSA) is 18.5 Å². The van der Waals surface area contributed by atoms with Crippen LogP contribution in [0, 0.1) is 0 Å². The molecule has 0 aliphatic carbocycles. The van der Waals surface area contributed by atoms with Crippen LogP contribution in [0.3, 0.4) is 0 Å². The minimum absolute atomic E-state index is 0.568. The first kappa shape index (κ1) is 11.3. The van der Waals surface area contributed by atoms with E-state index in [2.05, 4.69) is 28.1 Å². The number of hydrogen-bond donors (Lipinski definition) is 0. The molecule has 0 radical (unpaired) electrons. The van der Waals surface area contributed by atoms with Crippen molar-refractivity contribution in [2.24, 2.45) is 0 Å². The molecule has 0 aromatic heterocycles. The Labute approximate surface area is 105 Å². The van der Waals surface area contributed by atoms with Crippen LogP contribution in [0.15, 0.2) is 12.1 Å². The van der Waals surface area contributed by atoms with E-state index < -0.39 is 0 Å². The van der Waals surface area contributed by atoms with E-state index in [4.69, 9.17) is 9.47 Å². The van der Waals surface area contributed by atoms with Crippen molar-refractivity contribution in [2.75, 3.05) is 19.5 Å². The van der Waals surface area contributed by atoms with Crippen LogP contribution in [-0.2, 0) is 6.42 Å². The number of rotatable bonds is 3. The van der Waals surface area contributed by atoms with Gasteiger partial charge in [0.1, 0.15) is 0 Å². The summed E-state index contributed by atoms with van der Waals surface area (Å²) >= 11 is 4.13. The Hall–Kier alpha value is -0.181. The fourth-order valence-electron chi connectivity index (χ4n) is 1.72. The van der Waals surface area contributed by atoms with Crippen molar-refractivity contribution in [2.45, 2.75) is 11.2 Å². The standard InChI is InChI=1S/C11H13BrO2Se/c1-13-9-4-7-3-8(6-12)15-11(7)5-10(9)14-2/h4-5,8H,3,6H2,1-2H3/t8-/m1/s1. The molecule has 2 nitrogen and oxygen atoms in total. The SMILES string of the molecule is COc1cc2c(cc1OC)[Se][C@@H](CBr)C2. The molecule has 0 amide bonds. The van der Waals surface area contributed by atoms with Crippen LogP contribution in [0.4, 0.5) is 0 Å². The van der Waals surface area contributed by atoms with Gasteiger partial charge in [-0.3, -0.25) is 0 Å². The van der Waals surface area contributed by atoms with E-state index in [1.807, 2.05) is 0 Å². The molecule has 0 saturated carbocycles. The number of ether oxygens (including phenoxy) is 2. The van der Waals surface area contributed by atoms with Gasteiger partial charge < -0.3 is 0 Å². The summed E-state index contributed by atoms with van der Waals surface area (Å²) in [5.41, 5.74) is 1.43. The summed E-state index contributed by atoms with van der Waals surface area (Å²) in [6.45, 7) is 0. The van der Waals surface area contributed by atoms with Crippen LogP contribution in [0.2, 0.25) is 4.82 Å². The van der Waals surface area contributed by atoms with E-state index in [-0.39, 0.29) is 0 Å². The fraction of sp³-hybridized carbons (Fsp3) is 0.455. The second-order valence-electron chi connectivity index (χ2n) is 3.41. The van der Waals surface area contributed by atoms with Gasteiger partial charge in [0.25, 0.3) is 0 Å². The molecule has 0 saturated heterocycles. The van der Waals surface area contributed by atoms with Crippen LogP contribution in [0.1, 0.15) is 5.56 Å². The summed E-state index contributed by atoms with van der Waals surface area (Å²) in [5.74, 6) is 1.70. The van der Waals surface area contributed by atoms with Crippen LogP contribution in [-0.4, -0.2) is 34.5 Å². The average Bonchev–Trinajstić information content (AvgIpc) is 2.68. The molecule has 0 spiro atoms. The Balaban J connectivity index is 2.35. The molecule has 1 atom stereocenters. The average molecular weight is 336 g/mol. The van der Waals surface area contributed by atoms with E-state index in [1.54, 1.807) is 14.2 Å². The maximum absolute atomic E-state index is 5.30. The van der Waals surface area contributed by atoms with Crippen molar-refractivity contribution in [1.29, 1.82) is 0 Å². The van der Waals surface area contributed by atoms with Crippen LogP contribution in [0.25, 0.3) is 0 Å². The first-order chi connectivity index (χ1) is 7.28. The van der Waals surface area contributed by atoms with Gasteiger partial charge in [0.2, 0.25) is 0 Å². The molecule has 0 N–H and O–H groups in total. The summed E-state index contributed by atoms with van der Waals surface area (Å²) < 4.78 is 12.1. The summed E-state index contributed by atoms with van der Waals surface area (Å²) in [7, 11) is 3.38. The molecule has 1 aliphatic heterocycles. The number of hydrogen-bond acceptors (Lipinski definition) is 2. The van der Waals surface area contributed by atoms with Gasteiger partial charge in [-0.2, -0.15) is 0 Å². The zero-order chi connectivity index (χ0) is 10.8. The third-order valence-corrected chi connectivity index (χ3v) is 6.95. The zero-order valence-electron chi connectivity index (χ0n) is 8.75. The van der Waals surface area contributed by atoms with Crippen molar-refractivity contribution in [3.8, 4) is 11.5 Å². The normalized spacial score (nSPS) is 18.7. The van der Waals surface area contributed by atoms with Crippen LogP contribution >= 0.6 is 15.9 Å². The van der Waals surface area contributed by atoms with Crippen molar-refractivity contribution in [1.82, 2.24) is 0 Å². The molecule has 15 heavy (non-hydrogen) atoms. The number of alkyl halides is 1. The predicted octanol–water partition coefficient (Wildman–Crippen LogP) is 1.77. The summed E-state index contributed by atoms with van der Waals surface area (Å²) in [5, 5.41) is 1.09. The molecular formula is C11H13BrO2Se. The van der Waals surface area contributed by atoms with Crippen molar-refractivity contribution in [3.05, 3.63) is 17.7 Å². The predicted molar refractivity (Wildman–Crippen MR) is 66.2 cm³/mol. The zero-order valence-corrected chi connectivity index (χ0v) is 12.0. The van der Waals surface area contributed by atoms with Gasteiger partial charge in [-0.25, -0.2) is 0 Å². The number of halogens is 1. The van der Waals surface area contributed by atoms with Gasteiger partial charge in [-0.05, 0) is 0 Å².